The number of alkyl halides is 3. The Balaban J connectivity index is 1.73. The van der Waals surface area contributed by atoms with Gasteiger partial charge in [0.15, 0.2) is 0 Å². The van der Waals surface area contributed by atoms with E-state index in [4.69, 9.17) is 10.8 Å². The summed E-state index contributed by atoms with van der Waals surface area (Å²) in [7, 11) is 1.82. The normalized spacial score (nSPS) is 12.6. The lowest BCUT2D eigenvalue weighted by Gasteiger charge is -2.17. The number of aromatic nitrogens is 1. The summed E-state index contributed by atoms with van der Waals surface area (Å²) in [6.07, 6.45) is -4.14. The smallest absolute Gasteiger partial charge is 0.416 e. The maximum absolute atomic E-state index is 12.7. The number of nitrogens with two attached hydrogens (primary N) is 1. The number of carbonyl (C=O) groups is 1. The number of carboxylic acids is 1. The zero-order valence-corrected chi connectivity index (χ0v) is 16.2. The van der Waals surface area contributed by atoms with Gasteiger partial charge in [-0.3, -0.25) is 4.79 Å². The predicted octanol–water partition coefficient (Wildman–Crippen LogP) is 4.55. The van der Waals surface area contributed by atoms with Gasteiger partial charge < -0.3 is 15.7 Å². The molecule has 3 N–H and O–H groups in total. The van der Waals surface area contributed by atoms with Crippen molar-refractivity contribution in [2.75, 3.05) is 11.9 Å². The number of aliphatic carboxylic acids is 1. The summed E-state index contributed by atoms with van der Waals surface area (Å²) in [6.45, 7) is 0. The third-order valence-electron chi connectivity index (χ3n) is 4.39. The molecule has 1 aromatic heterocycles. The maximum Gasteiger partial charge on any atom is 0.416 e. The Kier molecular flexibility index (Phi) is 5.90. The zero-order chi connectivity index (χ0) is 21.2. The fourth-order valence-electron chi connectivity index (χ4n) is 2.68. The highest BCUT2D eigenvalue weighted by molar-refractivity contribution is 7.13. The van der Waals surface area contributed by atoms with Crippen LogP contribution in [0.25, 0.3) is 10.6 Å². The Morgan fingerprint density at radius 3 is 2.34 bits per heavy atom. The zero-order valence-electron chi connectivity index (χ0n) is 15.3. The van der Waals surface area contributed by atoms with Gasteiger partial charge in [0, 0.05) is 23.7 Å². The highest BCUT2D eigenvalue weighted by Crippen LogP contribution is 2.34. The van der Waals surface area contributed by atoms with Crippen LogP contribution in [-0.2, 0) is 17.4 Å². The Morgan fingerprint density at radius 2 is 1.79 bits per heavy atom. The number of hydrogen-bond acceptors (Lipinski definition) is 5. The van der Waals surface area contributed by atoms with Gasteiger partial charge in [0.1, 0.15) is 16.9 Å². The Hall–Kier alpha value is -2.91. The molecule has 0 fully saturated rings. The van der Waals surface area contributed by atoms with Gasteiger partial charge in [-0.1, -0.05) is 24.3 Å². The molecule has 3 aromatic rings. The SMILES string of the molecule is CN(c1ccc(CC(N)C(=O)O)cc1)c1csc(-c2ccc(C(F)(F)F)cc2)n1. The molecule has 0 spiro atoms. The molecular weight excluding hydrogens is 403 g/mol. The molecule has 1 heterocycles. The molecule has 1 atom stereocenters. The van der Waals surface area contributed by atoms with Crippen molar-refractivity contribution in [2.24, 2.45) is 5.73 Å². The van der Waals surface area contributed by atoms with Gasteiger partial charge in [-0.05, 0) is 36.2 Å². The van der Waals surface area contributed by atoms with Crippen molar-refractivity contribution in [1.82, 2.24) is 4.98 Å². The van der Waals surface area contributed by atoms with Gasteiger partial charge in [-0.15, -0.1) is 11.3 Å². The maximum atomic E-state index is 12.7. The number of carboxylic acid groups (broad SMARTS) is 1. The first kappa shape index (κ1) is 20.8. The van der Waals surface area contributed by atoms with E-state index in [1.54, 1.807) is 12.1 Å². The second-order valence-electron chi connectivity index (χ2n) is 6.46. The largest absolute Gasteiger partial charge is 0.480 e. The van der Waals surface area contributed by atoms with Crippen molar-refractivity contribution in [3.63, 3.8) is 0 Å². The van der Waals surface area contributed by atoms with E-state index in [9.17, 15) is 18.0 Å². The Morgan fingerprint density at radius 1 is 1.17 bits per heavy atom. The van der Waals surface area contributed by atoms with Gasteiger partial charge in [0.2, 0.25) is 0 Å². The molecule has 152 valence electrons. The fraction of sp³-hybridized carbons (Fsp3) is 0.200. The molecule has 0 aliphatic carbocycles. The van der Waals surface area contributed by atoms with Crippen LogP contribution in [0, 0.1) is 0 Å². The van der Waals surface area contributed by atoms with Crippen LogP contribution in [-0.4, -0.2) is 29.1 Å². The predicted molar refractivity (Wildman–Crippen MR) is 106 cm³/mol. The Labute approximate surface area is 169 Å². The van der Waals surface area contributed by atoms with E-state index in [-0.39, 0.29) is 6.42 Å². The lowest BCUT2D eigenvalue weighted by molar-refractivity contribution is -0.139. The van der Waals surface area contributed by atoms with E-state index in [1.807, 2.05) is 29.5 Å². The van der Waals surface area contributed by atoms with Crippen LogP contribution in [0.4, 0.5) is 24.7 Å². The molecule has 0 bridgehead atoms. The standard InChI is InChI=1S/C20H18F3N3O2S/c1-26(15-8-2-12(3-9-15)10-16(24)19(27)28)17-11-29-18(25-17)13-4-6-14(7-5-13)20(21,22)23/h2-9,11,16H,10,24H2,1H3,(H,27,28). The lowest BCUT2D eigenvalue weighted by Crippen LogP contribution is -2.32. The average molecular weight is 421 g/mol. The van der Waals surface area contributed by atoms with Gasteiger partial charge in [-0.2, -0.15) is 13.2 Å². The summed E-state index contributed by atoms with van der Waals surface area (Å²) >= 11 is 1.34. The van der Waals surface area contributed by atoms with E-state index < -0.39 is 23.8 Å². The summed E-state index contributed by atoms with van der Waals surface area (Å²) in [6, 6.07) is 11.2. The van der Waals surface area contributed by atoms with Crippen molar-refractivity contribution in [3.8, 4) is 10.6 Å². The highest BCUT2D eigenvalue weighted by Gasteiger charge is 2.30. The summed E-state index contributed by atoms with van der Waals surface area (Å²) in [5.41, 5.74) is 7.10. The van der Waals surface area contributed by atoms with Gasteiger partial charge in [0.05, 0.1) is 5.56 Å². The summed E-state index contributed by atoms with van der Waals surface area (Å²) < 4.78 is 38.1. The topological polar surface area (TPSA) is 79.5 Å². The lowest BCUT2D eigenvalue weighted by atomic mass is 10.1. The van der Waals surface area contributed by atoms with Crippen molar-refractivity contribution < 1.29 is 23.1 Å². The molecule has 2 aromatic carbocycles. The molecule has 0 aliphatic rings. The molecule has 3 rings (SSSR count). The first-order valence-electron chi connectivity index (χ1n) is 8.59. The molecule has 0 amide bonds. The van der Waals surface area contributed by atoms with Crippen LogP contribution in [0.2, 0.25) is 0 Å². The van der Waals surface area contributed by atoms with Crippen molar-refractivity contribution in [2.45, 2.75) is 18.6 Å². The molecule has 0 saturated heterocycles. The molecule has 0 saturated carbocycles. The molecule has 29 heavy (non-hydrogen) atoms. The minimum absolute atomic E-state index is 0.230. The van der Waals surface area contributed by atoms with E-state index in [0.717, 1.165) is 23.4 Å². The second-order valence-corrected chi connectivity index (χ2v) is 7.32. The number of anilines is 2. The molecular formula is C20H18F3N3O2S. The number of thiazole rings is 1. The van der Waals surface area contributed by atoms with Crippen molar-refractivity contribution in [3.05, 3.63) is 65.0 Å². The first-order chi connectivity index (χ1) is 13.6. The minimum atomic E-state index is -4.37. The third kappa shape index (κ3) is 4.93. The number of hydrogen-bond donors (Lipinski definition) is 2. The second kappa shape index (κ2) is 8.22. The molecule has 0 aliphatic heterocycles. The number of rotatable bonds is 6. The first-order valence-corrected chi connectivity index (χ1v) is 9.47. The van der Waals surface area contributed by atoms with Crippen LogP contribution in [0.1, 0.15) is 11.1 Å². The summed E-state index contributed by atoms with van der Waals surface area (Å²) in [4.78, 5) is 17.2. The summed E-state index contributed by atoms with van der Waals surface area (Å²) in [5.74, 6) is -0.399. The fourth-order valence-corrected chi connectivity index (χ4v) is 3.53. The average Bonchev–Trinajstić information content (AvgIpc) is 3.17. The molecule has 1 unspecified atom stereocenters. The minimum Gasteiger partial charge on any atom is -0.480 e. The third-order valence-corrected chi connectivity index (χ3v) is 5.27. The van der Waals surface area contributed by atoms with Gasteiger partial charge >= 0.3 is 12.1 Å². The van der Waals surface area contributed by atoms with Crippen LogP contribution in [0.5, 0.6) is 0 Å². The van der Waals surface area contributed by atoms with Gasteiger partial charge in [0.25, 0.3) is 0 Å². The van der Waals surface area contributed by atoms with Crippen LogP contribution < -0.4 is 10.6 Å². The van der Waals surface area contributed by atoms with E-state index in [2.05, 4.69) is 4.98 Å². The van der Waals surface area contributed by atoms with Crippen molar-refractivity contribution in [1.29, 1.82) is 0 Å². The van der Waals surface area contributed by atoms with E-state index in [1.165, 1.54) is 23.5 Å². The van der Waals surface area contributed by atoms with E-state index in [0.29, 0.717) is 16.4 Å². The van der Waals surface area contributed by atoms with Crippen LogP contribution in [0.3, 0.4) is 0 Å². The van der Waals surface area contributed by atoms with E-state index >= 15 is 0 Å². The van der Waals surface area contributed by atoms with Gasteiger partial charge in [-0.25, -0.2) is 4.98 Å². The summed E-state index contributed by atoms with van der Waals surface area (Å²) in [5, 5.41) is 11.3. The quantitative estimate of drug-likeness (QED) is 0.610. The highest BCUT2D eigenvalue weighted by atomic mass is 32.1. The van der Waals surface area contributed by atoms with Crippen molar-refractivity contribution >= 4 is 28.8 Å². The molecule has 9 heteroatoms. The van der Waals surface area contributed by atoms with Crippen LogP contribution >= 0.6 is 11.3 Å². The molecule has 0 radical (unpaired) electrons. The van der Waals surface area contributed by atoms with Crippen LogP contribution in [0.15, 0.2) is 53.9 Å². The molecule has 5 nitrogen and oxygen atoms in total. The number of halogens is 3. The number of benzene rings is 2. The number of nitrogens with zero attached hydrogens (tertiary/aromatic N) is 2. The Bertz CT molecular complexity index is 985. The monoisotopic (exact) mass is 421 g/mol.